The zero-order chi connectivity index (χ0) is 9.23. The Bertz CT molecular complexity index is 112. The molecule has 12 heavy (non-hydrogen) atoms. The van der Waals surface area contributed by atoms with E-state index in [4.69, 9.17) is 15.2 Å². The first-order valence-electron chi connectivity index (χ1n) is 3.94. The van der Waals surface area contributed by atoms with Gasteiger partial charge in [-0.1, -0.05) is 12.2 Å². The van der Waals surface area contributed by atoms with Crippen LogP contribution < -0.4 is 5.73 Å². The van der Waals surface area contributed by atoms with Gasteiger partial charge in [-0.2, -0.15) is 0 Å². The van der Waals surface area contributed by atoms with Crippen molar-refractivity contribution in [1.82, 2.24) is 0 Å². The van der Waals surface area contributed by atoms with Gasteiger partial charge in [0.05, 0.1) is 32.5 Å². The van der Waals surface area contributed by atoms with Crippen LogP contribution in [0, 0.1) is 0 Å². The molecule has 0 fully saturated rings. The van der Waals surface area contributed by atoms with Gasteiger partial charge >= 0.3 is 0 Å². The van der Waals surface area contributed by atoms with Gasteiger partial charge in [0.15, 0.2) is 0 Å². The molecule has 0 rings (SSSR count). The molecule has 3 heteroatoms. The fraction of sp³-hybridized carbons (Fsp3) is 0.556. The van der Waals surface area contributed by atoms with Crippen molar-refractivity contribution in [3.8, 4) is 0 Å². The second kappa shape index (κ2) is 8.46. The molecule has 0 aliphatic rings. The van der Waals surface area contributed by atoms with Crippen molar-refractivity contribution in [2.24, 2.45) is 5.73 Å². The Morgan fingerprint density at radius 1 is 1.08 bits per heavy atom. The molecule has 0 aliphatic carbocycles. The van der Waals surface area contributed by atoms with Crippen LogP contribution in [0.25, 0.3) is 0 Å². The maximum absolute atomic E-state index is 5.64. The second-order valence-corrected chi connectivity index (χ2v) is 2.41. The van der Waals surface area contributed by atoms with Crippen molar-refractivity contribution < 1.29 is 9.47 Å². The van der Waals surface area contributed by atoms with Gasteiger partial charge in [0, 0.05) is 0 Å². The lowest BCUT2D eigenvalue weighted by molar-refractivity contribution is 0.0896. The molecular formula is C9H17NO2. The molecule has 0 saturated heterocycles. The molecule has 0 bridgehead atoms. The van der Waals surface area contributed by atoms with Gasteiger partial charge in [0.25, 0.3) is 0 Å². The molecule has 0 aromatic carbocycles. The smallest absolute Gasteiger partial charge is 0.0645 e. The van der Waals surface area contributed by atoms with Gasteiger partial charge in [-0.15, -0.1) is 13.2 Å². The summed E-state index contributed by atoms with van der Waals surface area (Å²) in [5.41, 5.74) is 5.64. The van der Waals surface area contributed by atoms with Crippen LogP contribution in [0.15, 0.2) is 25.3 Å². The summed E-state index contributed by atoms with van der Waals surface area (Å²) in [6.07, 6.45) is 3.38. The number of ether oxygens (including phenoxy) is 2. The Morgan fingerprint density at radius 2 is 1.50 bits per heavy atom. The number of rotatable bonds is 8. The lowest BCUT2D eigenvalue weighted by Crippen LogP contribution is -2.31. The molecule has 3 nitrogen and oxygen atoms in total. The molecule has 0 amide bonds. The SMILES string of the molecule is C=CCOCC(N)COCC=C. The van der Waals surface area contributed by atoms with E-state index in [0.29, 0.717) is 26.4 Å². The van der Waals surface area contributed by atoms with Crippen LogP contribution in [0.5, 0.6) is 0 Å². The molecule has 0 aromatic rings. The van der Waals surface area contributed by atoms with Gasteiger partial charge in [-0.25, -0.2) is 0 Å². The Morgan fingerprint density at radius 3 is 1.83 bits per heavy atom. The summed E-state index contributed by atoms with van der Waals surface area (Å²) < 4.78 is 10.3. The third-order valence-electron chi connectivity index (χ3n) is 1.14. The summed E-state index contributed by atoms with van der Waals surface area (Å²) >= 11 is 0. The first kappa shape index (κ1) is 11.4. The van der Waals surface area contributed by atoms with Crippen LogP contribution in [0.2, 0.25) is 0 Å². The van der Waals surface area contributed by atoms with E-state index in [0.717, 1.165) is 0 Å². The highest BCUT2D eigenvalue weighted by atomic mass is 16.5. The fourth-order valence-electron chi connectivity index (χ4n) is 0.654. The molecule has 0 aromatic heterocycles. The van der Waals surface area contributed by atoms with Crippen LogP contribution in [0.3, 0.4) is 0 Å². The predicted molar refractivity (Wildman–Crippen MR) is 50.0 cm³/mol. The van der Waals surface area contributed by atoms with Gasteiger partial charge in [-0.05, 0) is 0 Å². The lowest BCUT2D eigenvalue weighted by Gasteiger charge is -2.10. The minimum absolute atomic E-state index is 0.0649. The number of nitrogens with two attached hydrogens (primary N) is 1. The molecule has 70 valence electrons. The summed E-state index contributed by atoms with van der Waals surface area (Å²) in [6, 6.07) is -0.0649. The zero-order valence-corrected chi connectivity index (χ0v) is 7.37. The van der Waals surface area contributed by atoms with Crippen LogP contribution in [0.1, 0.15) is 0 Å². The minimum Gasteiger partial charge on any atom is -0.376 e. The minimum atomic E-state index is -0.0649. The van der Waals surface area contributed by atoms with Gasteiger partial charge in [0.1, 0.15) is 0 Å². The molecule has 0 atom stereocenters. The fourth-order valence-corrected chi connectivity index (χ4v) is 0.654. The highest BCUT2D eigenvalue weighted by Gasteiger charge is 2.00. The van der Waals surface area contributed by atoms with E-state index < -0.39 is 0 Å². The summed E-state index contributed by atoms with van der Waals surface area (Å²) in [7, 11) is 0. The molecule has 0 radical (unpaired) electrons. The van der Waals surface area contributed by atoms with E-state index in [9.17, 15) is 0 Å². The molecular weight excluding hydrogens is 154 g/mol. The normalized spacial score (nSPS) is 10.2. The third-order valence-corrected chi connectivity index (χ3v) is 1.14. The summed E-state index contributed by atoms with van der Waals surface area (Å²) in [5, 5.41) is 0. The van der Waals surface area contributed by atoms with E-state index in [1.165, 1.54) is 0 Å². The van der Waals surface area contributed by atoms with Crippen molar-refractivity contribution in [2.75, 3.05) is 26.4 Å². The van der Waals surface area contributed by atoms with E-state index in [2.05, 4.69) is 13.2 Å². The summed E-state index contributed by atoms with van der Waals surface area (Å²) in [4.78, 5) is 0. The molecule has 0 heterocycles. The highest BCUT2D eigenvalue weighted by Crippen LogP contribution is 1.85. The molecule has 0 aliphatic heterocycles. The maximum atomic E-state index is 5.64. The zero-order valence-electron chi connectivity index (χ0n) is 7.37. The van der Waals surface area contributed by atoms with Crippen molar-refractivity contribution in [3.63, 3.8) is 0 Å². The van der Waals surface area contributed by atoms with Gasteiger partial charge < -0.3 is 15.2 Å². The predicted octanol–water partition coefficient (Wildman–Crippen LogP) is 0.719. The maximum Gasteiger partial charge on any atom is 0.0645 e. The Hall–Kier alpha value is -0.640. The lowest BCUT2D eigenvalue weighted by atomic mass is 10.4. The van der Waals surface area contributed by atoms with E-state index >= 15 is 0 Å². The van der Waals surface area contributed by atoms with Gasteiger partial charge in [-0.3, -0.25) is 0 Å². The largest absolute Gasteiger partial charge is 0.376 e. The number of hydrogen-bond donors (Lipinski definition) is 1. The van der Waals surface area contributed by atoms with Crippen LogP contribution in [0.4, 0.5) is 0 Å². The van der Waals surface area contributed by atoms with Crippen molar-refractivity contribution >= 4 is 0 Å². The Labute approximate surface area is 73.8 Å². The van der Waals surface area contributed by atoms with Crippen molar-refractivity contribution in [2.45, 2.75) is 6.04 Å². The van der Waals surface area contributed by atoms with Crippen LogP contribution in [-0.4, -0.2) is 32.5 Å². The third kappa shape index (κ3) is 7.47. The van der Waals surface area contributed by atoms with E-state index in [-0.39, 0.29) is 6.04 Å². The summed E-state index contributed by atoms with van der Waals surface area (Å²) in [5.74, 6) is 0. The highest BCUT2D eigenvalue weighted by molar-refractivity contribution is 4.67. The van der Waals surface area contributed by atoms with Crippen molar-refractivity contribution in [1.29, 1.82) is 0 Å². The first-order chi connectivity index (χ1) is 5.81. The first-order valence-corrected chi connectivity index (χ1v) is 3.94. The van der Waals surface area contributed by atoms with E-state index in [1.54, 1.807) is 12.2 Å². The van der Waals surface area contributed by atoms with Crippen molar-refractivity contribution in [3.05, 3.63) is 25.3 Å². The second-order valence-electron chi connectivity index (χ2n) is 2.41. The van der Waals surface area contributed by atoms with Crippen LogP contribution >= 0.6 is 0 Å². The molecule has 0 spiro atoms. The summed E-state index contributed by atoms with van der Waals surface area (Å²) in [6.45, 7) is 9.13. The topological polar surface area (TPSA) is 44.5 Å². The van der Waals surface area contributed by atoms with Gasteiger partial charge in [0.2, 0.25) is 0 Å². The average Bonchev–Trinajstić information content (AvgIpc) is 2.06. The number of hydrogen-bond acceptors (Lipinski definition) is 3. The molecule has 0 saturated carbocycles. The van der Waals surface area contributed by atoms with E-state index in [1.807, 2.05) is 0 Å². The molecule has 0 unspecified atom stereocenters. The Balaban J connectivity index is 3.14. The average molecular weight is 171 g/mol. The quantitative estimate of drug-likeness (QED) is 0.432. The Kier molecular flexibility index (Phi) is 8.01. The monoisotopic (exact) mass is 171 g/mol. The van der Waals surface area contributed by atoms with Crippen LogP contribution in [-0.2, 0) is 9.47 Å². The molecule has 2 N–H and O–H groups in total. The standard InChI is InChI=1S/C9H17NO2/c1-3-5-11-7-9(10)8-12-6-4-2/h3-4,9H,1-2,5-8,10H2.